The van der Waals surface area contributed by atoms with Crippen molar-refractivity contribution in [2.45, 2.75) is 51.5 Å². The number of anilines is 1. The van der Waals surface area contributed by atoms with Gasteiger partial charge in [0.25, 0.3) is 10.0 Å². The van der Waals surface area contributed by atoms with Gasteiger partial charge >= 0.3 is 0 Å². The van der Waals surface area contributed by atoms with E-state index in [1.54, 1.807) is 18.2 Å². The molecule has 1 aliphatic heterocycles. The number of likely N-dealkylation sites (tertiary alicyclic amines) is 1. The summed E-state index contributed by atoms with van der Waals surface area (Å²) >= 11 is 0. The van der Waals surface area contributed by atoms with Gasteiger partial charge in [-0.3, -0.25) is 9.62 Å². The maximum absolute atomic E-state index is 13.5. The fourth-order valence-corrected chi connectivity index (χ4v) is 7.82. The SMILES string of the molecule is Cc1cc(C)c(S(=O)(=O)Nc2ccc3[nH]c(O)c(C(=Nc4ccc(CN5CCCCC5)cc4)c4ccccc4)c3c2)c(C)c1. The second-order valence-electron chi connectivity index (χ2n) is 11.8. The Kier molecular flexibility index (Phi) is 8.29. The Hall–Kier alpha value is -4.40. The Balaban J connectivity index is 1.38. The predicted molar refractivity (Wildman–Crippen MR) is 179 cm³/mol. The summed E-state index contributed by atoms with van der Waals surface area (Å²) in [5.41, 5.74) is 7.40. The number of benzene rings is 4. The highest BCUT2D eigenvalue weighted by molar-refractivity contribution is 7.92. The monoisotopic (exact) mass is 606 g/mol. The van der Waals surface area contributed by atoms with Crippen molar-refractivity contribution in [3.8, 4) is 5.88 Å². The van der Waals surface area contributed by atoms with Crippen molar-refractivity contribution >= 4 is 38.0 Å². The molecule has 0 amide bonds. The fraction of sp³-hybridized carbons (Fsp3) is 0.250. The molecule has 5 aromatic rings. The van der Waals surface area contributed by atoms with Gasteiger partial charge in [0.2, 0.25) is 0 Å². The Morgan fingerprint density at radius 2 is 1.57 bits per heavy atom. The Bertz CT molecular complexity index is 1920. The van der Waals surface area contributed by atoms with E-state index in [0.717, 1.165) is 36.4 Å². The van der Waals surface area contributed by atoms with Crippen LogP contribution in [-0.4, -0.2) is 42.2 Å². The van der Waals surface area contributed by atoms with Crippen LogP contribution in [-0.2, 0) is 16.6 Å². The molecule has 0 spiro atoms. The van der Waals surface area contributed by atoms with Crippen molar-refractivity contribution in [1.29, 1.82) is 0 Å². The highest BCUT2D eigenvalue weighted by Gasteiger charge is 2.23. The molecule has 0 aliphatic carbocycles. The molecule has 1 fully saturated rings. The van der Waals surface area contributed by atoms with E-state index in [1.165, 1.54) is 24.8 Å². The zero-order valence-corrected chi connectivity index (χ0v) is 26.2. The van der Waals surface area contributed by atoms with Crippen LogP contribution < -0.4 is 4.72 Å². The minimum atomic E-state index is -3.86. The fourth-order valence-electron chi connectivity index (χ4n) is 6.32. The molecular weight excluding hydrogens is 568 g/mol. The van der Waals surface area contributed by atoms with Crippen LogP contribution in [0.2, 0.25) is 0 Å². The summed E-state index contributed by atoms with van der Waals surface area (Å²) in [7, 11) is -3.86. The van der Waals surface area contributed by atoms with Crippen molar-refractivity contribution in [3.05, 3.63) is 118 Å². The summed E-state index contributed by atoms with van der Waals surface area (Å²) in [6.07, 6.45) is 3.82. The average molecular weight is 607 g/mol. The third kappa shape index (κ3) is 6.27. The van der Waals surface area contributed by atoms with Crippen LogP contribution in [0.15, 0.2) is 94.8 Å². The van der Waals surface area contributed by atoms with E-state index in [1.807, 2.05) is 75.4 Å². The molecule has 2 heterocycles. The number of aromatic nitrogens is 1. The van der Waals surface area contributed by atoms with Gasteiger partial charge in [-0.05, 0) is 93.7 Å². The molecule has 7 nitrogen and oxygen atoms in total. The second kappa shape index (κ2) is 12.3. The van der Waals surface area contributed by atoms with Crippen LogP contribution in [0.4, 0.5) is 11.4 Å². The summed E-state index contributed by atoms with van der Waals surface area (Å²) < 4.78 is 29.8. The quantitative estimate of drug-likeness (QED) is 0.157. The molecule has 0 radical (unpaired) electrons. The van der Waals surface area contributed by atoms with Crippen LogP contribution in [0.1, 0.15) is 52.6 Å². The van der Waals surface area contributed by atoms with Crippen molar-refractivity contribution in [2.24, 2.45) is 4.99 Å². The molecule has 0 bridgehead atoms. The van der Waals surface area contributed by atoms with Gasteiger partial charge in [-0.1, -0.05) is 66.6 Å². The van der Waals surface area contributed by atoms with Gasteiger partial charge < -0.3 is 10.1 Å². The third-order valence-corrected chi connectivity index (χ3v) is 9.91. The molecule has 3 N–H and O–H groups in total. The number of hydrogen-bond donors (Lipinski definition) is 3. The van der Waals surface area contributed by atoms with Crippen LogP contribution in [0.5, 0.6) is 5.88 Å². The number of sulfonamides is 1. The molecule has 226 valence electrons. The molecular formula is C36H38N4O3S. The van der Waals surface area contributed by atoms with E-state index in [0.29, 0.717) is 39.0 Å². The number of aryl methyl sites for hydroxylation is 3. The standard InChI is InChI=1S/C36H38N4O3S/c1-24-20-25(2)35(26(3)21-24)44(42,43)39-30-16-17-32-31(22-30)33(36(41)38-32)34(28-10-6-4-7-11-28)37-29-14-12-27(13-15-29)23-40-18-8-5-9-19-40/h4,6-7,10-17,20-22,38-39,41H,5,8-9,18-19,23H2,1-3H3. The zero-order valence-electron chi connectivity index (χ0n) is 25.4. The molecule has 8 heteroatoms. The minimum absolute atomic E-state index is 0.0328. The van der Waals surface area contributed by atoms with Gasteiger partial charge in [0.15, 0.2) is 5.88 Å². The van der Waals surface area contributed by atoms with Crippen molar-refractivity contribution < 1.29 is 13.5 Å². The maximum atomic E-state index is 13.5. The number of H-pyrrole nitrogens is 1. The summed E-state index contributed by atoms with van der Waals surface area (Å²) in [5, 5.41) is 11.8. The van der Waals surface area contributed by atoms with Gasteiger partial charge in [0.05, 0.1) is 21.9 Å². The highest BCUT2D eigenvalue weighted by Crippen LogP contribution is 2.34. The normalized spacial score (nSPS) is 14.7. The Morgan fingerprint density at radius 1 is 0.886 bits per heavy atom. The summed E-state index contributed by atoms with van der Waals surface area (Å²) in [4.78, 5) is 10.9. The number of aromatic amines is 1. The Morgan fingerprint density at radius 3 is 2.25 bits per heavy atom. The van der Waals surface area contributed by atoms with Gasteiger partial charge in [-0.15, -0.1) is 0 Å². The molecule has 4 aromatic carbocycles. The topological polar surface area (TPSA) is 97.8 Å². The lowest BCUT2D eigenvalue weighted by Crippen LogP contribution is -2.28. The second-order valence-corrected chi connectivity index (χ2v) is 13.4. The predicted octanol–water partition coefficient (Wildman–Crippen LogP) is 7.75. The lowest BCUT2D eigenvalue weighted by atomic mass is 10.0. The first-order chi connectivity index (χ1) is 21.2. The van der Waals surface area contributed by atoms with Gasteiger partial charge in [0, 0.05) is 28.7 Å². The lowest BCUT2D eigenvalue weighted by Gasteiger charge is -2.26. The number of aromatic hydroxyl groups is 1. The summed E-state index contributed by atoms with van der Waals surface area (Å²) in [5.74, 6) is -0.0328. The first-order valence-electron chi connectivity index (χ1n) is 15.1. The largest absolute Gasteiger partial charge is 0.494 e. The van der Waals surface area contributed by atoms with E-state index < -0.39 is 10.0 Å². The smallest absolute Gasteiger partial charge is 0.262 e. The molecule has 0 unspecified atom stereocenters. The molecule has 0 atom stereocenters. The highest BCUT2D eigenvalue weighted by atomic mass is 32.2. The van der Waals surface area contributed by atoms with Gasteiger partial charge in [0.1, 0.15) is 0 Å². The summed E-state index contributed by atoms with van der Waals surface area (Å²) in [6, 6.07) is 26.9. The molecule has 1 saturated heterocycles. The van der Waals surface area contributed by atoms with Crippen LogP contribution in [0.25, 0.3) is 10.9 Å². The number of nitrogens with zero attached hydrogens (tertiary/aromatic N) is 2. The molecule has 44 heavy (non-hydrogen) atoms. The molecule has 6 rings (SSSR count). The lowest BCUT2D eigenvalue weighted by molar-refractivity contribution is 0.221. The minimum Gasteiger partial charge on any atom is -0.494 e. The van der Waals surface area contributed by atoms with Crippen LogP contribution in [0, 0.1) is 20.8 Å². The number of nitrogens with one attached hydrogen (secondary N) is 2. The number of piperidine rings is 1. The van der Waals surface area contributed by atoms with E-state index in [4.69, 9.17) is 4.99 Å². The van der Waals surface area contributed by atoms with Crippen molar-refractivity contribution in [3.63, 3.8) is 0 Å². The first-order valence-corrected chi connectivity index (χ1v) is 16.6. The van der Waals surface area contributed by atoms with E-state index in [2.05, 4.69) is 26.7 Å². The van der Waals surface area contributed by atoms with E-state index >= 15 is 0 Å². The van der Waals surface area contributed by atoms with E-state index in [-0.39, 0.29) is 10.8 Å². The number of fused-ring (bicyclic) bond motifs is 1. The summed E-state index contributed by atoms with van der Waals surface area (Å²) in [6.45, 7) is 8.78. The van der Waals surface area contributed by atoms with Crippen molar-refractivity contribution in [1.82, 2.24) is 9.88 Å². The average Bonchev–Trinajstić information content (AvgIpc) is 3.31. The molecule has 1 aliphatic rings. The van der Waals surface area contributed by atoms with Crippen LogP contribution >= 0.6 is 0 Å². The first kappa shape index (κ1) is 29.7. The van der Waals surface area contributed by atoms with Gasteiger partial charge in [-0.25, -0.2) is 13.4 Å². The zero-order chi connectivity index (χ0) is 30.8. The van der Waals surface area contributed by atoms with Crippen molar-refractivity contribution in [2.75, 3.05) is 17.8 Å². The third-order valence-electron chi connectivity index (χ3n) is 8.22. The maximum Gasteiger partial charge on any atom is 0.262 e. The molecule has 1 aromatic heterocycles. The molecule has 0 saturated carbocycles. The van der Waals surface area contributed by atoms with Gasteiger partial charge in [-0.2, -0.15) is 0 Å². The number of aliphatic imine (C=N–C) groups is 1. The van der Waals surface area contributed by atoms with Crippen LogP contribution in [0.3, 0.4) is 0 Å². The number of rotatable bonds is 8. The number of hydrogen-bond acceptors (Lipinski definition) is 5. The Labute approximate surface area is 259 Å². The van der Waals surface area contributed by atoms with E-state index in [9.17, 15) is 13.5 Å².